The molecule has 1 fully saturated rings. The highest BCUT2D eigenvalue weighted by Gasteiger charge is 2.24. The molecule has 1 saturated heterocycles. The topological polar surface area (TPSA) is 60.2 Å². The molecule has 2 heterocycles. The van der Waals surface area contributed by atoms with Crippen molar-refractivity contribution in [3.05, 3.63) is 33.6 Å². The van der Waals surface area contributed by atoms with Gasteiger partial charge in [0.25, 0.3) is 0 Å². The molecule has 0 saturated carbocycles. The smallest absolute Gasteiger partial charge is 0.198 e. The molecular weight excluding hydrogens is 318 g/mol. The van der Waals surface area contributed by atoms with Gasteiger partial charge in [0.1, 0.15) is 44.2 Å². The van der Waals surface area contributed by atoms with E-state index in [1.165, 1.54) is 24.5 Å². The lowest BCUT2D eigenvalue weighted by molar-refractivity contribution is -1.02. The molecule has 3 rings (SSSR count). The Labute approximate surface area is 148 Å². The summed E-state index contributed by atoms with van der Waals surface area (Å²) in [6.45, 7) is 10.8. The van der Waals surface area contributed by atoms with Crippen molar-refractivity contribution in [3.8, 4) is 11.5 Å². The van der Waals surface area contributed by atoms with E-state index in [2.05, 4.69) is 11.9 Å². The maximum Gasteiger partial charge on any atom is 0.198 e. The van der Waals surface area contributed by atoms with Crippen LogP contribution in [0.2, 0.25) is 0 Å². The minimum absolute atomic E-state index is 0.0845. The average Bonchev–Trinajstić information content (AvgIpc) is 2.65. The number of likely N-dealkylation sites (N-methyl/N-ethyl adjacent to an activating group) is 1. The number of rotatable bonds is 5. The van der Waals surface area contributed by atoms with Crippen molar-refractivity contribution in [1.29, 1.82) is 0 Å². The zero-order valence-electron chi connectivity index (χ0n) is 15.6. The molecule has 1 aromatic carbocycles. The Kier molecular flexibility index (Phi) is 5.30. The maximum absolute atomic E-state index is 13.1. The molecule has 1 aliphatic heterocycles. The predicted molar refractivity (Wildman–Crippen MR) is 98.0 cm³/mol. The number of hydrogen-bond donors (Lipinski definition) is 3. The number of benzene rings is 1. The summed E-state index contributed by atoms with van der Waals surface area (Å²) in [5.74, 6) is 1.27. The lowest BCUT2D eigenvalue weighted by Crippen LogP contribution is -3.27. The van der Waals surface area contributed by atoms with Gasteiger partial charge in [0.15, 0.2) is 5.43 Å². The molecule has 2 aromatic rings. The van der Waals surface area contributed by atoms with Gasteiger partial charge in [-0.05, 0) is 19.9 Å². The van der Waals surface area contributed by atoms with E-state index in [9.17, 15) is 4.79 Å². The highest BCUT2D eigenvalue weighted by Crippen LogP contribution is 2.28. The number of H-pyrrole nitrogens is 1. The molecule has 6 nitrogen and oxygen atoms in total. The summed E-state index contributed by atoms with van der Waals surface area (Å²) < 4.78 is 10.8. The first-order valence-corrected chi connectivity index (χ1v) is 9.02. The molecule has 136 valence electrons. The highest BCUT2D eigenvalue weighted by atomic mass is 16.5. The fourth-order valence-electron chi connectivity index (χ4n) is 3.72. The molecule has 0 atom stereocenters. The van der Waals surface area contributed by atoms with Crippen LogP contribution in [0.15, 0.2) is 16.9 Å². The summed E-state index contributed by atoms with van der Waals surface area (Å²) in [6, 6.07) is 3.60. The van der Waals surface area contributed by atoms with Crippen LogP contribution in [0.25, 0.3) is 10.9 Å². The van der Waals surface area contributed by atoms with Crippen LogP contribution in [0, 0.1) is 6.92 Å². The third-order valence-corrected chi connectivity index (χ3v) is 5.41. The van der Waals surface area contributed by atoms with Crippen LogP contribution in [-0.2, 0) is 6.54 Å². The van der Waals surface area contributed by atoms with Gasteiger partial charge in [-0.1, -0.05) is 0 Å². The Morgan fingerprint density at radius 1 is 1.08 bits per heavy atom. The van der Waals surface area contributed by atoms with Gasteiger partial charge in [-0.15, -0.1) is 0 Å². The second-order valence-corrected chi connectivity index (χ2v) is 6.84. The number of pyridine rings is 1. The fourth-order valence-corrected chi connectivity index (χ4v) is 3.72. The maximum atomic E-state index is 13.1. The first-order valence-electron chi connectivity index (χ1n) is 9.02. The number of methoxy groups -OCH3 is 2. The van der Waals surface area contributed by atoms with E-state index >= 15 is 0 Å². The van der Waals surface area contributed by atoms with Gasteiger partial charge in [0, 0.05) is 11.8 Å². The summed E-state index contributed by atoms with van der Waals surface area (Å²) in [7, 11) is 3.21. The van der Waals surface area contributed by atoms with E-state index in [1.807, 2.05) is 6.92 Å². The normalized spacial score (nSPS) is 20.6. The second kappa shape index (κ2) is 7.45. The molecule has 1 aromatic heterocycles. The lowest BCUT2D eigenvalue weighted by Gasteiger charge is -2.29. The minimum atomic E-state index is 0.0845. The first kappa shape index (κ1) is 17.8. The van der Waals surface area contributed by atoms with E-state index in [4.69, 9.17) is 9.47 Å². The SMILES string of the molecule is CC[NH+]1CC[NH+](Cc2c(C)[nH]c3c(OC)cc(OC)cc3c2=O)CC1. The third kappa shape index (κ3) is 3.50. The van der Waals surface area contributed by atoms with E-state index < -0.39 is 0 Å². The van der Waals surface area contributed by atoms with Crippen molar-refractivity contribution in [1.82, 2.24) is 4.98 Å². The molecule has 0 bridgehead atoms. The molecular formula is C19H29N3O3+2. The van der Waals surface area contributed by atoms with Gasteiger partial charge in [-0.3, -0.25) is 4.79 Å². The zero-order chi connectivity index (χ0) is 18.0. The summed E-state index contributed by atoms with van der Waals surface area (Å²) in [4.78, 5) is 19.7. The number of aryl methyl sites for hydroxylation is 1. The lowest BCUT2D eigenvalue weighted by atomic mass is 10.1. The number of aromatic amines is 1. The monoisotopic (exact) mass is 347 g/mol. The molecule has 1 aliphatic rings. The third-order valence-electron chi connectivity index (χ3n) is 5.41. The van der Waals surface area contributed by atoms with Gasteiger partial charge < -0.3 is 24.3 Å². The molecule has 6 heteroatoms. The van der Waals surface area contributed by atoms with Gasteiger partial charge in [0.05, 0.1) is 37.2 Å². The van der Waals surface area contributed by atoms with Crippen molar-refractivity contribution in [2.24, 2.45) is 0 Å². The second-order valence-electron chi connectivity index (χ2n) is 6.84. The number of nitrogens with one attached hydrogen (secondary N) is 3. The number of hydrogen-bond acceptors (Lipinski definition) is 3. The van der Waals surface area contributed by atoms with E-state index in [0.29, 0.717) is 16.9 Å². The average molecular weight is 347 g/mol. The highest BCUT2D eigenvalue weighted by molar-refractivity contribution is 5.86. The van der Waals surface area contributed by atoms with Gasteiger partial charge in [0.2, 0.25) is 0 Å². The van der Waals surface area contributed by atoms with E-state index in [0.717, 1.165) is 36.4 Å². The summed E-state index contributed by atoms with van der Waals surface area (Å²) >= 11 is 0. The van der Waals surface area contributed by atoms with Crippen LogP contribution in [-0.4, -0.2) is 51.9 Å². The Morgan fingerprint density at radius 3 is 2.36 bits per heavy atom. The Bertz CT molecular complexity index is 808. The molecule has 0 amide bonds. The van der Waals surface area contributed by atoms with Crippen molar-refractivity contribution >= 4 is 10.9 Å². The fraction of sp³-hybridized carbons (Fsp3) is 0.526. The molecule has 0 spiro atoms. The van der Waals surface area contributed by atoms with Crippen LogP contribution in [0.1, 0.15) is 18.2 Å². The van der Waals surface area contributed by atoms with Crippen molar-refractivity contribution in [2.45, 2.75) is 20.4 Å². The van der Waals surface area contributed by atoms with Gasteiger partial charge in [-0.25, -0.2) is 0 Å². The largest absolute Gasteiger partial charge is 0.497 e. The molecule has 0 radical (unpaired) electrons. The molecule has 25 heavy (non-hydrogen) atoms. The van der Waals surface area contributed by atoms with Gasteiger partial charge in [-0.2, -0.15) is 0 Å². The summed E-state index contributed by atoms with van der Waals surface area (Å²) in [5, 5.41) is 0.633. The van der Waals surface area contributed by atoms with Crippen LogP contribution in [0.4, 0.5) is 0 Å². The first-order chi connectivity index (χ1) is 12.1. The van der Waals surface area contributed by atoms with E-state index in [-0.39, 0.29) is 5.43 Å². The number of ether oxygens (including phenoxy) is 2. The predicted octanol–water partition coefficient (Wildman–Crippen LogP) is -0.843. The molecule has 0 aliphatic carbocycles. The Balaban J connectivity index is 1.97. The standard InChI is InChI=1S/C19H27N3O3/c1-5-21-6-8-22(9-7-21)12-16-13(2)20-18-15(19(16)23)10-14(24-3)11-17(18)25-4/h10-11H,5-9,12H2,1-4H3,(H,20,23)/p+2. The van der Waals surface area contributed by atoms with Crippen molar-refractivity contribution in [2.75, 3.05) is 46.9 Å². The molecule has 0 unspecified atom stereocenters. The van der Waals surface area contributed by atoms with Crippen LogP contribution in [0.3, 0.4) is 0 Å². The van der Waals surface area contributed by atoms with Crippen LogP contribution >= 0.6 is 0 Å². The molecule has 3 N–H and O–H groups in total. The Hall–Kier alpha value is -2.05. The van der Waals surface area contributed by atoms with Gasteiger partial charge >= 0.3 is 0 Å². The van der Waals surface area contributed by atoms with Crippen LogP contribution < -0.4 is 24.7 Å². The number of fused-ring (bicyclic) bond motifs is 1. The summed E-state index contributed by atoms with van der Waals surface area (Å²) in [6.07, 6.45) is 0. The van der Waals surface area contributed by atoms with Crippen LogP contribution in [0.5, 0.6) is 11.5 Å². The summed E-state index contributed by atoms with van der Waals surface area (Å²) in [5.41, 5.74) is 2.63. The minimum Gasteiger partial charge on any atom is -0.497 e. The van der Waals surface area contributed by atoms with Crippen molar-refractivity contribution in [3.63, 3.8) is 0 Å². The van der Waals surface area contributed by atoms with Crippen molar-refractivity contribution < 1.29 is 19.3 Å². The zero-order valence-corrected chi connectivity index (χ0v) is 15.6. The number of quaternary nitrogens is 2. The number of piperazine rings is 1. The quantitative estimate of drug-likeness (QED) is 0.661. The van der Waals surface area contributed by atoms with E-state index in [1.54, 1.807) is 31.3 Å². The Morgan fingerprint density at radius 2 is 1.76 bits per heavy atom. The number of aromatic nitrogens is 1.